The number of benzene rings is 1. The molecular weight excluding hydrogens is 310 g/mol. The summed E-state index contributed by atoms with van der Waals surface area (Å²) in [7, 11) is 0. The van der Waals surface area contributed by atoms with Crippen LogP contribution < -0.4 is 0 Å². The van der Waals surface area contributed by atoms with Crippen LogP contribution in [0.15, 0.2) is 52.1 Å². The Morgan fingerprint density at radius 3 is 2.89 bits per heavy atom. The lowest BCUT2D eigenvalue weighted by Gasteiger charge is -2.03. The first-order valence-corrected chi connectivity index (χ1v) is 7.26. The lowest BCUT2D eigenvalue weighted by Crippen LogP contribution is -1.91. The van der Waals surface area contributed by atoms with Crippen molar-refractivity contribution in [2.75, 3.05) is 0 Å². The zero-order chi connectivity index (χ0) is 13.0. The van der Waals surface area contributed by atoms with Crippen molar-refractivity contribution in [3.63, 3.8) is 0 Å². The number of rotatable bonds is 4. The van der Waals surface area contributed by atoms with E-state index in [0.717, 1.165) is 26.2 Å². The first-order valence-electron chi connectivity index (χ1n) is 5.48. The van der Waals surface area contributed by atoms with Gasteiger partial charge in [0.05, 0.1) is 0 Å². The van der Waals surface area contributed by atoms with Crippen LogP contribution in [0.25, 0.3) is 0 Å². The SMILES string of the molecule is CC(=O)c1cccc(SCc2cncc(Br)c2)c1. The lowest BCUT2D eigenvalue weighted by atomic mass is 10.2. The third-order valence-electron chi connectivity index (χ3n) is 2.41. The molecule has 0 aliphatic carbocycles. The van der Waals surface area contributed by atoms with Gasteiger partial charge in [0, 0.05) is 33.1 Å². The van der Waals surface area contributed by atoms with Crippen molar-refractivity contribution >= 4 is 33.5 Å². The number of aromatic nitrogens is 1. The zero-order valence-corrected chi connectivity index (χ0v) is 12.3. The number of carbonyl (C=O) groups excluding carboxylic acids is 1. The molecule has 0 atom stereocenters. The quantitative estimate of drug-likeness (QED) is 0.619. The minimum atomic E-state index is 0.0987. The molecule has 2 rings (SSSR count). The van der Waals surface area contributed by atoms with Crippen LogP contribution >= 0.6 is 27.7 Å². The molecule has 1 aromatic carbocycles. The molecule has 4 heteroatoms. The number of ketones is 1. The van der Waals surface area contributed by atoms with E-state index in [1.807, 2.05) is 30.5 Å². The standard InChI is InChI=1S/C14H12BrNOS/c1-10(17)12-3-2-4-14(6-12)18-9-11-5-13(15)8-16-7-11/h2-8H,9H2,1H3. The molecule has 0 unspecified atom stereocenters. The number of carbonyl (C=O) groups is 1. The molecule has 18 heavy (non-hydrogen) atoms. The highest BCUT2D eigenvalue weighted by molar-refractivity contribution is 9.10. The van der Waals surface area contributed by atoms with Crippen molar-refractivity contribution in [3.8, 4) is 0 Å². The van der Waals surface area contributed by atoms with Crippen molar-refractivity contribution in [2.45, 2.75) is 17.6 Å². The predicted octanol–water partition coefficient (Wildman–Crippen LogP) is 4.34. The van der Waals surface area contributed by atoms with E-state index >= 15 is 0 Å². The Kier molecular flexibility index (Phi) is 4.55. The zero-order valence-electron chi connectivity index (χ0n) is 9.89. The molecule has 0 fully saturated rings. The Morgan fingerprint density at radius 2 is 2.17 bits per heavy atom. The molecule has 1 heterocycles. The molecule has 0 saturated carbocycles. The van der Waals surface area contributed by atoms with E-state index in [0.29, 0.717) is 0 Å². The van der Waals surface area contributed by atoms with Crippen LogP contribution in [-0.4, -0.2) is 10.8 Å². The van der Waals surface area contributed by atoms with E-state index in [9.17, 15) is 4.79 Å². The minimum absolute atomic E-state index is 0.0987. The third-order valence-corrected chi connectivity index (χ3v) is 3.91. The molecule has 0 amide bonds. The second-order valence-electron chi connectivity index (χ2n) is 3.88. The largest absolute Gasteiger partial charge is 0.295 e. The summed E-state index contributed by atoms with van der Waals surface area (Å²) in [6.07, 6.45) is 3.62. The fourth-order valence-corrected chi connectivity index (χ4v) is 2.79. The summed E-state index contributed by atoms with van der Waals surface area (Å²) in [5, 5.41) is 0. The van der Waals surface area contributed by atoms with Gasteiger partial charge in [-0.25, -0.2) is 0 Å². The molecule has 0 saturated heterocycles. The second kappa shape index (κ2) is 6.16. The summed E-state index contributed by atoms with van der Waals surface area (Å²) in [4.78, 5) is 16.5. The van der Waals surface area contributed by atoms with Crippen molar-refractivity contribution in [1.29, 1.82) is 0 Å². The van der Waals surface area contributed by atoms with E-state index in [4.69, 9.17) is 0 Å². The van der Waals surface area contributed by atoms with E-state index in [2.05, 4.69) is 27.0 Å². The van der Waals surface area contributed by atoms with Crippen LogP contribution in [-0.2, 0) is 5.75 Å². The molecule has 92 valence electrons. The third kappa shape index (κ3) is 3.68. The molecule has 0 spiro atoms. The Morgan fingerprint density at radius 1 is 1.33 bits per heavy atom. The fourth-order valence-electron chi connectivity index (χ4n) is 1.51. The normalized spacial score (nSPS) is 10.3. The maximum Gasteiger partial charge on any atom is 0.159 e. The van der Waals surface area contributed by atoms with Crippen molar-refractivity contribution < 1.29 is 4.79 Å². The van der Waals surface area contributed by atoms with Crippen molar-refractivity contribution in [1.82, 2.24) is 4.98 Å². The fraction of sp³-hybridized carbons (Fsp3) is 0.143. The van der Waals surface area contributed by atoms with Crippen molar-refractivity contribution in [3.05, 3.63) is 58.3 Å². The van der Waals surface area contributed by atoms with Crippen LogP contribution in [0.4, 0.5) is 0 Å². The average molecular weight is 322 g/mol. The molecule has 1 aromatic heterocycles. The predicted molar refractivity (Wildman–Crippen MR) is 77.9 cm³/mol. The van der Waals surface area contributed by atoms with Crippen LogP contribution in [0.3, 0.4) is 0 Å². The monoisotopic (exact) mass is 321 g/mol. The van der Waals surface area contributed by atoms with Gasteiger partial charge in [0.15, 0.2) is 5.78 Å². The molecule has 0 N–H and O–H groups in total. The van der Waals surface area contributed by atoms with Gasteiger partial charge in [-0.1, -0.05) is 12.1 Å². The number of Topliss-reactive ketones (excluding diaryl/α,β-unsaturated/α-hetero) is 1. The highest BCUT2D eigenvalue weighted by atomic mass is 79.9. The van der Waals surface area contributed by atoms with E-state index < -0.39 is 0 Å². The maximum atomic E-state index is 11.3. The minimum Gasteiger partial charge on any atom is -0.295 e. The summed E-state index contributed by atoms with van der Waals surface area (Å²) in [5.41, 5.74) is 1.91. The Hall–Kier alpha value is -1.13. The lowest BCUT2D eigenvalue weighted by molar-refractivity contribution is 0.101. The number of thioether (sulfide) groups is 1. The summed E-state index contributed by atoms with van der Waals surface area (Å²) in [6.45, 7) is 1.59. The second-order valence-corrected chi connectivity index (χ2v) is 5.85. The summed E-state index contributed by atoms with van der Waals surface area (Å²) in [5.74, 6) is 0.940. The molecular formula is C14H12BrNOS. The molecule has 0 radical (unpaired) electrons. The van der Waals surface area contributed by atoms with Gasteiger partial charge in [-0.2, -0.15) is 0 Å². The Balaban J connectivity index is 2.06. The number of hydrogen-bond donors (Lipinski definition) is 0. The van der Waals surface area contributed by atoms with Crippen LogP contribution in [0.1, 0.15) is 22.8 Å². The molecule has 0 bridgehead atoms. The molecule has 2 aromatic rings. The smallest absolute Gasteiger partial charge is 0.159 e. The maximum absolute atomic E-state index is 11.3. The van der Waals surface area contributed by atoms with Crippen LogP contribution in [0, 0.1) is 0 Å². The van der Waals surface area contributed by atoms with Gasteiger partial charge < -0.3 is 0 Å². The Labute approximate surface area is 119 Å². The highest BCUT2D eigenvalue weighted by Crippen LogP contribution is 2.24. The Bertz CT molecular complexity index is 571. The van der Waals surface area contributed by atoms with Gasteiger partial charge in [0.2, 0.25) is 0 Å². The summed E-state index contributed by atoms with van der Waals surface area (Å²) >= 11 is 5.10. The molecule has 0 aliphatic heterocycles. The average Bonchev–Trinajstić information content (AvgIpc) is 2.37. The van der Waals surface area contributed by atoms with Crippen LogP contribution in [0.2, 0.25) is 0 Å². The van der Waals surface area contributed by atoms with Gasteiger partial charge >= 0.3 is 0 Å². The molecule has 0 aliphatic rings. The van der Waals surface area contributed by atoms with E-state index in [-0.39, 0.29) is 5.78 Å². The van der Waals surface area contributed by atoms with Crippen molar-refractivity contribution in [2.24, 2.45) is 0 Å². The number of pyridine rings is 1. The first kappa shape index (κ1) is 13.3. The van der Waals surface area contributed by atoms with Gasteiger partial charge in [-0.15, -0.1) is 11.8 Å². The van der Waals surface area contributed by atoms with E-state index in [1.165, 1.54) is 0 Å². The van der Waals surface area contributed by atoms with E-state index in [1.54, 1.807) is 24.9 Å². The van der Waals surface area contributed by atoms with Gasteiger partial charge in [-0.05, 0) is 46.6 Å². The number of nitrogens with zero attached hydrogens (tertiary/aromatic N) is 1. The number of halogens is 1. The van der Waals surface area contributed by atoms with Gasteiger partial charge in [-0.3, -0.25) is 9.78 Å². The summed E-state index contributed by atoms with van der Waals surface area (Å²) in [6, 6.07) is 9.75. The first-order chi connectivity index (χ1) is 8.65. The van der Waals surface area contributed by atoms with Gasteiger partial charge in [0.25, 0.3) is 0 Å². The molecule has 2 nitrogen and oxygen atoms in total. The van der Waals surface area contributed by atoms with Gasteiger partial charge in [0.1, 0.15) is 0 Å². The number of hydrogen-bond acceptors (Lipinski definition) is 3. The van der Waals surface area contributed by atoms with Crippen LogP contribution in [0.5, 0.6) is 0 Å². The summed E-state index contributed by atoms with van der Waals surface area (Å²) < 4.78 is 0.984. The highest BCUT2D eigenvalue weighted by Gasteiger charge is 2.02. The topological polar surface area (TPSA) is 30.0 Å².